The van der Waals surface area contributed by atoms with Gasteiger partial charge in [-0.25, -0.2) is 4.79 Å². The molecule has 2 N–H and O–H groups in total. The first-order valence-electron chi connectivity index (χ1n) is 4.90. The lowest BCUT2D eigenvalue weighted by Crippen LogP contribution is -2.19. The predicted molar refractivity (Wildman–Crippen MR) is 64.7 cm³/mol. The quantitative estimate of drug-likeness (QED) is 0.496. The molecule has 0 saturated heterocycles. The molecule has 0 aliphatic carbocycles. The lowest BCUT2D eigenvalue weighted by molar-refractivity contribution is 0.142. The Hall–Kier alpha value is -1.75. The van der Waals surface area contributed by atoms with Gasteiger partial charge in [-0.15, -0.1) is 0 Å². The number of amides is 1. The highest BCUT2D eigenvalue weighted by Crippen LogP contribution is 2.19. The second-order valence-electron chi connectivity index (χ2n) is 3.32. The summed E-state index contributed by atoms with van der Waals surface area (Å²) in [6.45, 7) is 1.72. The van der Waals surface area contributed by atoms with Crippen molar-refractivity contribution in [2.24, 2.45) is 5.16 Å². The van der Waals surface area contributed by atoms with Gasteiger partial charge in [-0.05, 0) is 24.6 Å². The van der Waals surface area contributed by atoms with Gasteiger partial charge in [0.05, 0.1) is 5.71 Å². The van der Waals surface area contributed by atoms with Gasteiger partial charge in [0, 0.05) is 17.6 Å². The van der Waals surface area contributed by atoms with Crippen molar-refractivity contribution in [2.45, 2.75) is 13.5 Å². The van der Waals surface area contributed by atoms with Crippen molar-refractivity contribution in [1.29, 1.82) is 0 Å². The largest absolute Gasteiger partial charge is 0.445 e. The number of carbonyl (C=O) groups is 1. The van der Waals surface area contributed by atoms with Crippen molar-refractivity contribution < 1.29 is 14.7 Å². The van der Waals surface area contributed by atoms with Crippen LogP contribution in [0.25, 0.3) is 0 Å². The number of alkyl carbamates (subject to hydrolysis) is 1. The van der Waals surface area contributed by atoms with E-state index in [0.29, 0.717) is 21.9 Å². The number of hydrogen-bond donors (Lipinski definition) is 2. The van der Waals surface area contributed by atoms with Crippen LogP contribution in [-0.4, -0.2) is 24.1 Å². The molecule has 0 radical (unpaired) electrons. The Kier molecular flexibility index (Phi) is 4.78. The summed E-state index contributed by atoms with van der Waals surface area (Å²) in [5.74, 6) is 0. The number of carbonyl (C=O) groups excluding carboxylic acids is 1. The summed E-state index contributed by atoms with van der Waals surface area (Å²) in [6.07, 6.45) is -0.529. The first-order chi connectivity index (χ1) is 8.08. The van der Waals surface area contributed by atoms with E-state index < -0.39 is 6.09 Å². The molecule has 6 heteroatoms. The van der Waals surface area contributed by atoms with Gasteiger partial charge in [0.25, 0.3) is 0 Å². The molecular formula is C11H13ClN2O3. The lowest BCUT2D eigenvalue weighted by Gasteiger charge is -2.08. The summed E-state index contributed by atoms with van der Waals surface area (Å²) in [5, 5.41) is 14.6. The fraction of sp³-hybridized carbons (Fsp3) is 0.273. The zero-order chi connectivity index (χ0) is 12.8. The van der Waals surface area contributed by atoms with Crippen LogP contribution in [0.2, 0.25) is 5.02 Å². The maximum Gasteiger partial charge on any atom is 0.407 e. The average molecular weight is 257 g/mol. The van der Waals surface area contributed by atoms with Crippen molar-refractivity contribution in [3.8, 4) is 0 Å². The Bertz CT molecular complexity index is 446. The maximum atomic E-state index is 10.9. The van der Waals surface area contributed by atoms with Gasteiger partial charge in [0.15, 0.2) is 0 Å². The molecule has 0 unspecified atom stereocenters. The Morgan fingerprint density at radius 1 is 1.59 bits per heavy atom. The average Bonchev–Trinajstić information content (AvgIpc) is 2.36. The van der Waals surface area contributed by atoms with Gasteiger partial charge >= 0.3 is 6.09 Å². The van der Waals surface area contributed by atoms with Crippen LogP contribution >= 0.6 is 11.6 Å². The zero-order valence-electron chi connectivity index (χ0n) is 9.53. The molecule has 0 fully saturated rings. The fourth-order valence-electron chi connectivity index (χ4n) is 1.18. The summed E-state index contributed by atoms with van der Waals surface area (Å²) in [4.78, 5) is 10.9. The molecule has 1 aromatic rings. The Balaban J connectivity index is 2.87. The van der Waals surface area contributed by atoms with E-state index in [1.54, 1.807) is 25.1 Å². The number of nitrogens with one attached hydrogen (secondary N) is 1. The molecule has 1 aromatic carbocycles. The molecule has 0 bridgehead atoms. The second-order valence-corrected chi connectivity index (χ2v) is 3.72. The Labute approximate surface area is 104 Å². The van der Waals surface area contributed by atoms with Gasteiger partial charge in [-0.3, -0.25) is 0 Å². The number of nitrogens with zero attached hydrogens (tertiary/aromatic N) is 1. The van der Waals surface area contributed by atoms with E-state index in [9.17, 15) is 4.79 Å². The van der Waals surface area contributed by atoms with Gasteiger partial charge < -0.3 is 15.3 Å². The van der Waals surface area contributed by atoms with Crippen molar-refractivity contribution in [1.82, 2.24) is 5.32 Å². The molecule has 0 aliphatic rings. The standard InChI is InChI=1S/C11H13ClN2O3/c1-7(14-16)8-3-4-10(12)9(5-8)6-17-11(15)13-2/h3-5,16H,6H2,1-2H3,(H,13,15)/b14-7+. The third kappa shape index (κ3) is 3.64. The van der Waals surface area contributed by atoms with Crippen LogP contribution in [-0.2, 0) is 11.3 Å². The lowest BCUT2D eigenvalue weighted by atomic mass is 10.1. The van der Waals surface area contributed by atoms with Crippen LogP contribution in [0.1, 0.15) is 18.1 Å². The van der Waals surface area contributed by atoms with Crippen LogP contribution in [0.4, 0.5) is 4.79 Å². The summed E-state index contributed by atoms with van der Waals surface area (Å²) < 4.78 is 4.89. The molecule has 0 aromatic heterocycles. The minimum atomic E-state index is -0.529. The van der Waals surface area contributed by atoms with E-state index in [4.69, 9.17) is 21.5 Å². The summed E-state index contributed by atoms with van der Waals surface area (Å²) in [7, 11) is 1.48. The molecular weight excluding hydrogens is 244 g/mol. The maximum absolute atomic E-state index is 10.9. The monoisotopic (exact) mass is 256 g/mol. The summed E-state index contributed by atoms with van der Waals surface area (Å²) >= 11 is 5.96. The number of benzene rings is 1. The first kappa shape index (κ1) is 13.3. The van der Waals surface area contributed by atoms with Crippen LogP contribution in [0.15, 0.2) is 23.4 Å². The molecule has 17 heavy (non-hydrogen) atoms. The molecule has 0 saturated carbocycles. The molecule has 0 spiro atoms. The molecule has 0 heterocycles. The third-order valence-electron chi connectivity index (χ3n) is 2.18. The molecule has 0 aliphatic heterocycles. The van der Waals surface area contributed by atoms with Gasteiger partial charge in [-0.1, -0.05) is 22.8 Å². The van der Waals surface area contributed by atoms with Crippen LogP contribution in [0, 0.1) is 0 Å². The van der Waals surface area contributed by atoms with Crippen molar-refractivity contribution in [2.75, 3.05) is 7.05 Å². The molecule has 92 valence electrons. The van der Waals surface area contributed by atoms with Crippen LogP contribution in [0.3, 0.4) is 0 Å². The van der Waals surface area contributed by atoms with Crippen molar-refractivity contribution >= 4 is 23.4 Å². The van der Waals surface area contributed by atoms with Crippen molar-refractivity contribution in [3.05, 3.63) is 34.3 Å². The first-order valence-corrected chi connectivity index (χ1v) is 5.28. The van der Waals surface area contributed by atoms with E-state index in [1.165, 1.54) is 7.05 Å². The number of hydrogen-bond acceptors (Lipinski definition) is 4. The predicted octanol–water partition coefficient (Wildman–Crippen LogP) is 2.39. The minimum absolute atomic E-state index is 0.0606. The topological polar surface area (TPSA) is 70.9 Å². The normalized spacial score (nSPS) is 11.1. The summed E-state index contributed by atoms with van der Waals surface area (Å²) in [6, 6.07) is 5.09. The molecule has 0 atom stereocenters. The Morgan fingerprint density at radius 2 is 2.29 bits per heavy atom. The van der Waals surface area contributed by atoms with E-state index in [2.05, 4.69) is 10.5 Å². The van der Waals surface area contributed by atoms with Crippen LogP contribution < -0.4 is 5.32 Å². The van der Waals surface area contributed by atoms with E-state index in [0.717, 1.165) is 0 Å². The SMILES string of the molecule is CNC(=O)OCc1cc(/C(C)=N/O)ccc1Cl. The van der Waals surface area contributed by atoms with Gasteiger partial charge in [-0.2, -0.15) is 0 Å². The van der Waals surface area contributed by atoms with Crippen LogP contribution in [0.5, 0.6) is 0 Å². The molecule has 1 rings (SSSR count). The number of ether oxygens (including phenoxy) is 1. The minimum Gasteiger partial charge on any atom is -0.445 e. The Morgan fingerprint density at radius 3 is 2.88 bits per heavy atom. The van der Waals surface area contributed by atoms with E-state index >= 15 is 0 Å². The smallest absolute Gasteiger partial charge is 0.407 e. The zero-order valence-corrected chi connectivity index (χ0v) is 10.3. The molecule has 5 nitrogen and oxygen atoms in total. The molecule has 1 amide bonds. The number of halogens is 1. The van der Waals surface area contributed by atoms with Gasteiger partial charge in [0.2, 0.25) is 0 Å². The van der Waals surface area contributed by atoms with E-state index in [-0.39, 0.29) is 6.61 Å². The van der Waals surface area contributed by atoms with E-state index in [1.807, 2.05) is 0 Å². The number of oxime groups is 1. The van der Waals surface area contributed by atoms with Crippen molar-refractivity contribution in [3.63, 3.8) is 0 Å². The highest BCUT2D eigenvalue weighted by molar-refractivity contribution is 6.31. The third-order valence-corrected chi connectivity index (χ3v) is 2.55. The number of rotatable bonds is 3. The van der Waals surface area contributed by atoms with Gasteiger partial charge in [0.1, 0.15) is 6.61 Å². The highest BCUT2D eigenvalue weighted by atomic mass is 35.5. The fourth-order valence-corrected chi connectivity index (χ4v) is 1.36. The second kappa shape index (κ2) is 6.10. The summed E-state index contributed by atoms with van der Waals surface area (Å²) in [5.41, 5.74) is 1.83. The highest BCUT2D eigenvalue weighted by Gasteiger charge is 2.07.